The molecule has 0 radical (unpaired) electrons. The number of carbonyl (C=O) groups excluding carboxylic acids is 1. The Morgan fingerprint density at radius 1 is 1.62 bits per heavy atom. The third kappa shape index (κ3) is 2.44. The number of hydrogen-bond donors (Lipinski definition) is 0. The first-order valence-electron chi connectivity index (χ1n) is 4.97. The van der Waals surface area contributed by atoms with E-state index in [1.165, 1.54) is 20.0 Å². The number of esters is 1. The molecule has 1 aliphatic heterocycles. The largest absolute Gasteiger partial charge is 0.468 e. The molecule has 0 bridgehead atoms. The molecule has 0 aromatic heterocycles. The molecule has 0 amide bonds. The van der Waals surface area contributed by atoms with Crippen molar-refractivity contribution in [2.45, 2.75) is 32.2 Å². The van der Waals surface area contributed by atoms with Crippen LogP contribution in [0.2, 0.25) is 0 Å². The standard InChI is InChI=1S/C10H19NO2/c1-4-5-8-6-9(10(12)13-3)11(2)7-8/h8-9H,4-7H2,1-3H3. The molecular weight excluding hydrogens is 166 g/mol. The number of likely N-dealkylation sites (tertiary alicyclic amines) is 1. The van der Waals surface area contributed by atoms with Gasteiger partial charge in [-0.1, -0.05) is 13.3 Å². The van der Waals surface area contributed by atoms with E-state index in [0.717, 1.165) is 13.0 Å². The first-order valence-corrected chi connectivity index (χ1v) is 4.97. The van der Waals surface area contributed by atoms with Crippen molar-refractivity contribution in [3.63, 3.8) is 0 Å². The van der Waals surface area contributed by atoms with E-state index in [4.69, 9.17) is 4.74 Å². The monoisotopic (exact) mass is 185 g/mol. The zero-order valence-corrected chi connectivity index (χ0v) is 8.75. The highest BCUT2D eigenvalue weighted by atomic mass is 16.5. The van der Waals surface area contributed by atoms with Crippen molar-refractivity contribution in [2.75, 3.05) is 20.7 Å². The number of nitrogens with zero attached hydrogens (tertiary/aromatic N) is 1. The summed E-state index contributed by atoms with van der Waals surface area (Å²) in [5.74, 6) is 0.597. The zero-order valence-electron chi connectivity index (χ0n) is 8.75. The first kappa shape index (κ1) is 10.5. The van der Waals surface area contributed by atoms with Crippen LogP contribution in [0, 0.1) is 5.92 Å². The molecule has 1 fully saturated rings. The molecule has 76 valence electrons. The maximum atomic E-state index is 11.3. The third-order valence-corrected chi connectivity index (χ3v) is 2.81. The number of likely N-dealkylation sites (N-methyl/N-ethyl adjacent to an activating group) is 1. The van der Waals surface area contributed by atoms with E-state index >= 15 is 0 Å². The Morgan fingerprint density at radius 2 is 2.31 bits per heavy atom. The number of hydrogen-bond acceptors (Lipinski definition) is 3. The van der Waals surface area contributed by atoms with Gasteiger partial charge in [-0.3, -0.25) is 9.69 Å². The molecule has 2 atom stereocenters. The predicted molar refractivity (Wildman–Crippen MR) is 51.4 cm³/mol. The van der Waals surface area contributed by atoms with Crippen molar-refractivity contribution in [3.8, 4) is 0 Å². The van der Waals surface area contributed by atoms with E-state index in [1.807, 2.05) is 7.05 Å². The van der Waals surface area contributed by atoms with Gasteiger partial charge in [0.15, 0.2) is 0 Å². The molecular formula is C10H19NO2. The summed E-state index contributed by atoms with van der Waals surface area (Å²) >= 11 is 0. The summed E-state index contributed by atoms with van der Waals surface area (Å²) in [6, 6.07) is 0.00144. The van der Waals surface area contributed by atoms with Crippen molar-refractivity contribution in [1.82, 2.24) is 4.90 Å². The second-order valence-electron chi connectivity index (χ2n) is 3.87. The molecule has 1 heterocycles. The van der Waals surface area contributed by atoms with E-state index in [-0.39, 0.29) is 12.0 Å². The average Bonchev–Trinajstić information content (AvgIpc) is 2.46. The van der Waals surface area contributed by atoms with Gasteiger partial charge in [0.25, 0.3) is 0 Å². The van der Waals surface area contributed by atoms with Crippen LogP contribution in [0.25, 0.3) is 0 Å². The Hall–Kier alpha value is -0.570. The Bertz CT molecular complexity index is 182. The number of methoxy groups -OCH3 is 1. The summed E-state index contributed by atoms with van der Waals surface area (Å²) in [6.45, 7) is 3.22. The van der Waals surface area contributed by atoms with Crippen LogP contribution in [0.15, 0.2) is 0 Å². The van der Waals surface area contributed by atoms with Crippen molar-refractivity contribution >= 4 is 5.97 Å². The molecule has 1 saturated heterocycles. The highest BCUT2D eigenvalue weighted by molar-refractivity contribution is 5.76. The Morgan fingerprint density at radius 3 is 2.85 bits per heavy atom. The van der Waals surface area contributed by atoms with E-state index in [9.17, 15) is 4.79 Å². The van der Waals surface area contributed by atoms with E-state index in [1.54, 1.807) is 0 Å². The number of ether oxygens (including phenoxy) is 1. The zero-order chi connectivity index (χ0) is 9.84. The smallest absolute Gasteiger partial charge is 0.323 e. The van der Waals surface area contributed by atoms with Crippen LogP contribution in [0.3, 0.4) is 0 Å². The van der Waals surface area contributed by atoms with Gasteiger partial charge in [-0.05, 0) is 25.8 Å². The van der Waals surface area contributed by atoms with Crippen LogP contribution in [0.1, 0.15) is 26.2 Å². The van der Waals surface area contributed by atoms with Gasteiger partial charge >= 0.3 is 5.97 Å². The predicted octanol–water partition coefficient (Wildman–Crippen LogP) is 1.28. The highest BCUT2D eigenvalue weighted by Crippen LogP contribution is 2.25. The van der Waals surface area contributed by atoms with Gasteiger partial charge in [-0.25, -0.2) is 0 Å². The molecule has 0 N–H and O–H groups in total. The second-order valence-corrected chi connectivity index (χ2v) is 3.87. The Labute approximate surface area is 80.1 Å². The van der Waals surface area contributed by atoms with Crippen LogP contribution >= 0.6 is 0 Å². The van der Waals surface area contributed by atoms with E-state index < -0.39 is 0 Å². The molecule has 0 aromatic carbocycles. The van der Waals surface area contributed by atoms with Gasteiger partial charge in [0.2, 0.25) is 0 Å². The topological polar surface area (TPSA) is 29.5 Å². The highest BCUT2D eigenvalue weighted by Gasteiger charge is 2.34. The van der Waals surface area contributed by atoms with Gasteiger partial charge in [-0.15, -0.1) is 0 Å². The van der Waals surface area contributed by atoms with Gasteiger partial charge < -0.3 is 4.74 Å². The van der Waals surface area contributed by atoms with Crippen LogP contribution in [0.5, 0.6) is 0 Å². The van der Waals surface area contributed by atoms with Crippen LogP contribution in [0.4, 0.5) is 0 Å². The summed E-state index contributed by atoms with van der Waals surface area (Å²) in [7, 11) is 3.46. The van der Waals surface area contributed by atoms with Crippen molar-refractivity contribution in [1.29, 1.82) is 0 Å². The summed E-state index contributed by atoms with van der Waals surface area (Å²) < 4.78 is 4.75. The third-order valence-electron chi connectivity index (χ3n) is 2.81. The van der Waals surface area contributed by atoms with Crippen molar-refractivity contribution < 1.29 is 9.53 Å². The van der Waals surface area contributed by atoms with Crippen LogP contribution < -0.4 is 0 Å². The minimum Gasteiger partial charge on any atom is -0.468 e. The van der Waals surface area contributed by atoms with Crippen LogP contribution in [-0.4, -0.2) is 37.6 Å². The fraction of sp³-hybridized carbons (Fsp3) is 0.900. The minimum absolute atomic E-state index is 0.00144. The summed E-state index contributed by atoms with van der Waals surface area (Å²) in [4.78, 5) is 13.4. The first-order chi connectivity index (χ1) is 6.19. The molecule has 3 nitrogen and oxygen atoms in total. The molecule has 2 unspecified atom stereocenters. The lowest BCUT2D eigenvalue weighted by Gasteiger charge is -2.15. The number of rotatable bonds is 3. The number of carbonyl (C=O) groups is 1. The lowest BCUT2D eigenvalue weighted by molar-refractivity contribution is -0.145. The van der Waals surface area contributed by atoms with E-state index in [0.29, 0.717) is 5.92 Å². The Balaban J connectivity index is 2.46. The maximum absolute atomic E-state index is 11.3. The summed E-state index contributed by atoms with van der Waals surface area (Å²) in [5, 5.41) is 0. The molecule has 0 aromatic rings. The minimum atomic E-state index is -0.0823. The molecule has 0 spiro atoms. The molecule has 1 aliphatic rings. The molecule has 3 heteroatoms. The van der Waals surface area contributed by atoms with Crippen molar-refractivity contribution in [3.05, 3.63) is 0 Å². The maximum Gasteiger partial charge on any atom is 0.323 e. The lowest BCUT2D eigenvalue weighted by Crippen LogP contribution is -2.33. The quantitative estimate of drug-likeness (QED) is 0.620. The normalized spacial score (nSPS) is 29.2. The SMILES string of the molecule is CCCC1CC(C(=O)OC)N(C)C1. The van der Waals surface area contributed by atoms with Gasteiger partial charge in [0.1, 0.15) is 6.04 Å². The molecule has 0 aliphatic carbocycles. The van der Waals surface area contributed by atoms with Gasteiger partial charge in [-0.2, -0.15) is 0 Å². The van der Waals surface area contributed by atoms with Gasteiger partial charge in [0, 0.05) is 6.54 Å². The summed E-state index contributed by atoms with van der Waals surface area (Å²) in [6.07, 6.45) is 3.39. The lowest BCUT2D eigenvalue weighted by atomic mass is 10.0. The summed E-state index contributed by atoms with van der Waals surface area (Å²) in [5.41, 5.74) is 0. The Kier molecular flexibility index (Phi) is 3.72. The second kappa shape index (κ2) is 4.61. The molecule has 0 saturated carbocycles. The average molecular weight is 185 g/mol. The van der Waals surface area contributed by atoms with Crippen LogP contribution in [-0.2, 0) is 9.53 Å². The fourth-order valence-corrected chi connectivity index (χ4v) is 2.13. The van der Waals surface area contributed by atoms with Crippen molar-refractivity contribution in [2.24, 2.45) is 5.92 Å². The van der Waals surface area contributed by atoms with E-state index in [2.05, 4.69) is 11.8 Å². The molecule has 13 heavy (non-hydrogen) atoms. The fourth-order valence-electron chi connectivity index (χ4n) is 2.13. The molecule has 1 rings (SSSR count). The van der Waals surface area contributed by atoms with Gasteiger partial charge in [0.05, 0.1) is 7.11 Å².